The molecule has 5 fully saturated rings. The van der Waals surface area contributed by atoms with Crippen molar-refractivity contribution in [2.45, 2.75) is 152 Å². The average Bonchev–Trinajstić information content (AvgIpc) is 3.81. The second kappa shape index (κ2) is 13.5. The van der Waals surface area contributed by atoms with Gasteiger partial charge in [0.15, 0.2) is 5.78 Å². The molecule has 292 valence electrons. The van der Waals surface area contributed by atoms with Crippen molar-refractivity contribution in [3.8, 4) is 0 Å². The van der Waals surface area contributed by atoms with Crippen molar-refractivity contribution in [3.63, 3.8) is 0 Å². The van der Waals surface area contributed by atoms with E-state index in [1.54, 1.807) is 13.8 Å². The lowest BCUT2D eigenvalue weighted by Gasteiger charge is -2.72. The maximum atomic E-state index is 14.1. The van der Waals surface area contributed by atoms with Gasteiger partial charge >= 0.3 is 11.9 Å². The minimum atomic E-state index is -1.16. The second-order valence-electron chi connectivity index (χ2n) is 20.7. The van der Waals surface area contributed by atoms with E-state index in [4.69, 9.17) is 4.74 Å². The van der Waals surface area contributed by atoms with Crippen LogP contribution >= 0.6 is 0 Å². The molecular weight excluding hydrogens is 652 g/mol. The molecule has 8 atom stereocenters. The summed E-state index contributed by atoms with van der Waals surface area (Å²) in [6.07, 6.45) is 12.0. The largest absolute Gasteiger partial charge is 0.481 e. The summed E-state index contributed by atoms with van der Waals surface area (Å²) >= 11 is 0. The van der Waals surface area contributed by atoms with Crippen molar-refractivity contribution in [2.24, 2.45) is 62.1 Å². The van der Waals surface area contributed by atoms with Crippen molar-refractivity contribution in [1.29, 1.82) is 0 Å². The molecule has 6 aliphatic carbocycles. The summed E-state index contributed by atoms with van der Waals surface area (Å²) in [4.78, 5) is 54.3. The molecule has 0 aliphatic heterocycles. The maximum absolute atomic E-state index is 14.1. The minimum Gasteiger partial charge on any atom is -0.481 e. The van der Waals surface area contributed by atoms with E-state index in [2.05, 4.69) is 58.7 Å². The Hall–Kier alpha value is -2.22. The van der Waals surface area contributed by atoms with E-state index in [9.17, 15) is 24.3 Å². The highest BCUT2D eigenvalue weighted by molar-refractivity contribution is 6.00. The van der Waals surface area contributed by atoms with Gasteiger partial charge in [0.25, 0.3) is 0 Å². The molecule has 1 amide bonds. The summed E-state index contributed by atoms with van der Waals surface area (Å²) in [5.41, 5.74) is 1.35. The summed E-state index contributed by atoms with van der Waals surface area (Å²) in [6, 6.07) is 0. The average molecular weight is 723 g/mol. The van der Waals surface area contributed by atoms with Gasteiger partial charge in [-0.05, 0) is 143 Å². The van der Waals surface area contributed by atoms with E-state index < -0.39 is 17.4 Å². The van der Waals surface area contributed by atoms with Crippen molar-refractivity contribution in [2.75, 3.05) is 26.7 Å². The monoisotopic (exact) mass is 723 g/mol. The third-order valence-corrected chi connectivity index (χ3v) is 16.7. The van der Waals surface area contributed by atoms with Gasteiger partial charge in [0.2, 0.25) is 5.91 Å². The van der Waals surface area contributed by atoms with Crippen LogP contribution in [0.5, 0.6) is 0 Å². The number of esters is 1. The molecule has 0 aromatic heterocycles. The molecule has 0 aromatic carbocycles. The SMILES string of the molecule is CNCC(=O)N(CC[C@@]12CC[C@]3(C)[C@H](CCC4[C@@]5(C)CC[C@H](OC(=O)CC(C)(C)C(=O)O)C(C)(C)C5CC[C@]43C)C1=C(C(C)C)C(=O)C2)CC1CC1. The number of ether oxygens (including phenoxy) is 1. The molecule has 2 unspecified atom stereocenters. The Morgan fingerprint density at radius 1 is 0.923 bits per heavy atom. The third-order valence-electron chi connectivity index (χ3n) is 16.7. The number of hydrogen-bond acceptors (Lipinski definition) is 6. The molecule has 0 heterocycles. The Morgan fingerprint density at radius 3 is 2.23 bits per heavy atom. The highest BCUT2D eigenvalue weighted by Gasteiger charge is 2.70. The van der Waals surface area contributed by atoms with Crippen LogP contribution in [-0.4, -0.2) is 66.4 Å². The Balaban J connectivity index is 1.27. The standard InChI is InChI=1S/C44H70N2O6/c1-27(2)36-30(47)23-44(21-22-46(26-28-11-12-28)34(48)25-45-10)20-19-42(8)29(37(36)44)13-14-32-41(7)17-16-33(52-35(49)24-39(3,4)38(50)51)40(5,6)31(41)15-18-43(32,42)9/h27-29,31-33,45H,11-26H2,1-10H3,(H,50,51)/t29-,31?,32?,33+,41+,42-,43-,44-/m1/s1. The van der Waals surface area contributed by atoms with Crippen LogP contribution in [0.3, 0.4) is 0 Å². The number of carbonyl (C=O) groups is 4. The predicted molar refractivity (Wildman–Crippen MR) is 203 cm³/mol. The molecule has 8 heteroatoms. The zero-order valence-electron chi connectivity index (χ0n) is 34.2. The Labute approximate surface area is 314 Å². The molecule has 0 bridgehead atoms. The first kappa shape index (κ1) is 39.5. The number of aliphatic carboxylic acids is 1. The van der Waals surface area contributed by atoms with Gasteiger partial charge in [0.05, 0.1) is 18.4 Å². The first-order chi connectivity index (χ1) is 24.2. The van der Waals surface area contributed by atoms with E-state index in [0.29, 0.717) is 42.4 Å². The molecule has 0 radical (unpaired) electrons. The zero-order chi connectivity index (χ0) is 38.2. The Kier molecular flexibility index (Phi) is 10.3. The van der Waals surface area contributed by atoms with E-state index >= 15 is 0 Å². The smallest absolute Gasteiger partial charge is 0.309 e. The number of Topliss-reactive ketones (excluding diaryl/α,β-unsaturated/α-hetero) is 1. The maximum Gasteiger partial charge on any atom is 0.309 e. The van der Waals surface area contributed by atoms with Crippen molar-refractivity contribution in [3.05, 3.63) is 11.1 Å². The van der Waals surface area contributed by atoms with Crippen LogP contribution in [0.1, 0.15) is 146 Å². The summed E-state index contributed by atoms with van der Waals surface area (Å²) in [5, 5.41) is 12.7. The number of nitrogens with zero attached hydrogens (tertiary/aromatic N) is 1. The summed E-state index contributed by atoms with van der Waals surface area (Å²) < 4.78 is 6.18. The van der Waals surface area contributed by atoms with Gasteiger partial charge in [0.1, 0.15) is 6.10 Å². The van der Waals surface area contributed by atoms with E-state index in [1.165, 1.54) is 18.4 Å². The first-order valence-electron chi connectivity index (χ1n) is 20.8. The lowest BCUT2D eigenvalue weighted by atomic mass is 9.33. The van der Waals surface area contributed by atoms with E-state index in [-0.39, 0.29) is 51.4 Å². The molecule has 6 rings (SSSR count). The molecule has 0 aromatic rings. The summed E-state index contributed by atoms with van der Waals surface area (Å²) in [7, 11) is 1.84. The van der Waals surface area contributed by atoms with Gasteiger partial charge in [-0.2, -0.15) is 0 Å². The van der Waals surface area contributed by atoms with Gasteiger partial charge < -0.3 is 20.1 Å². The number of hydrogen-bond donors (Lipinski definition) is 2. The molecular formula is C44H70N2O6. The van der Waals surface area contributed by atoms with Gasteiger partial charge in [0, 0.05) is 30.3 Å². The number of fused-ring (bicyclic) bond motifs is 7. The zero-order valence-corrected chi connectivity index (χ0v) is 34.2. The number of ketones is 1. The number of amides is 1. The number of nitrogens with one attached hydrogen (secondary N) is 1. The number of carboxylic acid groups (broad SMARTS) is 1. The number of allylic oxidation sites excluding steroid dienone is 2. The fraction of sp³-hybridized carbons (Fsp3) is 0.864. The van der Waals surface area contributed by atoms with Gasteiger partial charge in [-0.3, -0.25) is 19.2 Å². The Bertz CT molecular complexity index is 1490. The topological polar surface area (TPSA) is 113 Å². The van der Waals surface area contributed by atoms with Crippen molar-refractivity contribution in [1.82, 2.24) is 10.2 Å². The van der Waals surface area contributed by atoms with Gasteiger partial charge in [-0.25, -0.2) is 0 Å². The van der Waals surface area contributed by atoms with Crippen LogP contribution in [0.4, 0.5) is 0 Å². The van der Waals surface area contributed by atoms with Crippen LogP contribution in [-0.2, 0) is 23.9 Å². The fourth-order valence-corrected chi connectivity index (χ4v) is 13.4. The van der Waals surface area contributed by atoms with Gasteiger partial charge in [-0.1, -0.05) is 54.0 Å². The highest BCUT2D eigenvalue weighted by Crippen LogP contribution is 2.77. The number of rotatable bonds is 12. The molecule has 0 saturated heterocycles. The lowest BCUT2D eigenvalue weighted by Crippen LogP contribution is -2.65. The van der Waals surface area contributed by atoms with E-state index in [1.807, 2.05) is 7.05 Å². The van der Waals surface area contributed by atoms with Crippen LogP contribution in [0, 0.1) is 62.1 Å². The number of carboxylic acids is 1. The lowest BCUT2D eigenvalue weighted by molar-refractivity contribution is -0.233. The first-order valence-corrected chi connectivity index (χ1v) is 20.8. The molecule has 6 aliphatic rings. The predicted octanol–water partition coefficient (Wildman–Crippen LogP) is 8.23. The van der Waals surface area contributed by atoms with E-state index in [0.717, 1.165) is 76.5 Å². The van der Waals surface area contributed by atoms with Crippen LogP contribution in [0.2, 0.25) is 0 Å². The Morgan fingerprint density at radius 2 is 1.62 bits per heavy atom. The van der Waals surface area contributed by atoms with Crippen LogP contribution in [0.25, 0.3) is 0 Å². The molecule has 52 heavy (non-hydrogen) atoms. The summed E-state index contributed by atoms with van der Waals surface area (Å²) in [6.45, 7) is 21.9. The van der Waals surface area contributed by atoms with Crippen LogP contribution < -0.4 is 5.32 Å². The summed E-state index contributed by atoms with van der Waals surface area (Å²) in [5.74, 6) is 1.27. The molecule has 0 spiro atoms. The van der Waals surface area contributed by atoms with Gasteiger partial charge in [-0.15, -0.1) is 0 Å². The molecule has 2 N–H and O–H groups in total. The third kappa shape index (κ3) is 6.30. The minimum absolute atomic E-state index is 0.0685. The molecule has 5 saturated carbocycles. The normalized spacial score (nSPS) is 38.2. The number of likely N-dealkylation sites (N-methyl/N-ethyl adjacent to an activating group) is 1. The highest BCUT2D eigenvalue weighted by atomic mass is 16.5. The molecule has 8 nitrogen and oxygen atoms in total. The second-order valence-corrected chi connectivity index (χ2v) is 20.7. The van der Waals surface area contributed by atoms with Crippen molar-refractivity contribution < 1.29 is 29.0 Å². The number of carbonyl (C=O) groups excluding carboxylic acids is 3. The fourth-order valence-electron chi connectivity index (χ4n) is 13.4. The quantitative estimate of drug-likeness (QED) is 0.195. The van der Waals surface area contributed by atoms with Crippen molar-refractivity contribution >= 4 is 23.6 Å². The van der Waals surface area contributed by atoms with Crippen LogP contribution in [0.15, 0.2) is 11.1 Å².